The summed E-state index contributed by atoms with van der Waals surface area (Å²) in [6, 6.07) is 13.4. The van der Waals surface area contributed by atoms with Crippen molar-refractivity contribution in [3.63, 3.8) is 0 Å². The van der Waals surface area contributed by atoms with Crippen molar-refractivity contribution >= 4 is 11.3 Å². The maximum atomic E-state index is 10.0. The number of rotatable bonds is 6. The van der Waals surface area contributed by atoms with Gasteiger partial charge in [-0.3, -0.25) is 4.90 Å². The summed E-state index contributed by atoms with van der Waals surface area (Å²) in [5.41, 5.74) is 2.66. The van der Waals surface area contributed by atoms with Crippen molar-refractivity contribution in [3.05, 3.63) is 58.3 Å². The third-order valence-electron chi connectivity index (χ3n) is 4.44. The highest BCUT2D eigenvalue weighted by atomic mass is 32.1. The molecule has 0 amide bonds. The van der Waals surface area contributed by atoms with Gasteiger partial charge in [-0.1, -0.05) is 30.3 Å². The molecule has 3 unspecified atom stereocenters. The number of aliphatic hydroxyl groups excluding tert-OH is 1. The van der Waals surface area contributed by atoms with Crippen molar-refractivity contribution in [1.82, 2.24) is 10.2 Å². The van der Waals surface area contributed by atoms with E-state index in [1.165, 1.54) is 11.1 Å². The quantitative estimate of drug-likeness (QED) is 0.860. The van der Waals surface area contributed by atoms with Crippen LogP contribution >= 0.6 is 11.3 Å². The summed E-state index contributed by atoms with van der Waals surface area (Å²) in [5, 5.41) is 18.0. The molecule has 2 N–H and O–H groups in total. The lowest BCUT2D eigenvalue weighted by molar-refractivity contribution is 0.172. The van der Waals surface area contributed by atoms with E-state index in [-0.39, 0.29) is 6.10 Å². The van der Waals surface area contributed by atoms with E-state index in [1.807, 2.05) is 6.07 Å². The summed E-state index contributed by atoms with van der Waals surface area (Å²) in [4.78, 5) is 2.40. The van der Waals surface area contributed by atoms with Gasteiger partial charge in [0, 0.05) is 31.7 Å². The molecule has 2 aromatic rings. The first-order valence-corrected chi connectivity index (χ1v) is 8.88. The Morgan fingerprint density at radius 1 is 1.32 bits per heavy atom. The summed E-state index contributed by atoms with van der Waals surface area (Å²) in [7, 11) is 0. The molecule has 118 valence electrons. The van der Waals surface area contributed by atoms with Crippen LogP contribution in [0.3, 0.4) is 0 Å². The van der Waals surface area contributed by atoms with Crippen LogP contribution in [0.1, 0.15) is 30.5 Å². The molecule has 1 aromatic heterocycles. The zero-order chi connectivity index (χ0) is 15.4. The standard InChI is InChI=1S/C18H24N2OS/c1-14(16-7-8-22-13-16)19-10-17-9-18(21)12-20(17)11-15-5-3-2-4-6-15/h2-8,13-14,17-19,21H,9-12H2,1H3. The number of likely N-dealkylation sites (tertiary alicyclic amines) is 1. The van der Waals surface area contributed by atoms with E-state index in [0.717, 1.165) is 26.1 Å². The van der Waals surface area contributed by atoms with Crippen molar-refractivity contribution in [2.24, 2.45) is 0 Å². The molecule has 3 rings (SSSR count). The van der Waals surface area contributed by atoms with Crippen LogP contribution in [-0.4, -0.2) is 35.2 Å². The van der Waals surface area contributed by atoms with Gasteiger partial charge in [0.05, 0.1) is 6.10 Å². The molecule has 2 heterocycles. The molecule has 0 radical (unpaired) electrons. The number of β-amino-alcohol motifs (C(OH)–C–C–N with tert-alkyl or cyclic N) is 1. The molecule has 22 heavy (non-hydrogen) atoms. The van der Waals surface area contributed by atoms with Gasteiger partial charge in [0.1, 0.15) is 0 Å². The highest BCUT2D eigenvalue weighted by Crippen LogP contribution is 2.22. The normalized spacial score (nSPS) is 23.7. The number of nitrogens with one attached hydrogen (secondary N) is 1. The first-order valence-electron chi connectivity index (χ1n) is 7.94. The molecule has 0 aliphatic carbocycles. The number of aliphatic hydroxyl groups is 1. The monoisotopic (exact) mass is 316 g/mol. The van der Waals surface area contributed by atoms with E-state index in [4.69, 9.17) is 0 Å². The molecule has 4 heteroatoms. The first-order chi connectivity index (χ1) is 10.7. The number of nitrogens with zero attached hydrogens (tertiary/aromatic N) is 1. The Morgan fingerprint density at radius 2 is 2.14 bits per heavy atom. The van der Waals surface area contributed by atoms with Gasteiger partial charge in [-0.2, -0.15) is 11.3 Å². The number of thiophene rings is 1. The fraction of sp³-hybridized carbons (Fsp3) is 0.444. The van der Waals surface area contributed by atoms with Crippen molar-refractivity contribution < 1.29 is 5.11 Å². The average Bonchev–Trinajstić information content (AvgIpc) is 3.16. The van der Waals surface area contributed by atoms with Crippen LogP contribution in [0, 0.1) is 0 Å². The van der Waals surface area contributed by atoms with Gasteiger partial charge in [-0.05, 0) is 41.3 Å². The topological polar surface area (TPSA) is 35.5 Å². The Labute approximate surface area is 136 Å². The second kappa shape index (κ2) is 7.38. The predicted octanol–water partition coefficient (Wildman–Crippen LogP) is 3.03. The third-order valence-corrected chi connectivity index (χ3v) is 5.14. The zero-order valence-corrected chi connectivity index (χ0v) is 13.8. The molecule has 3 atom stereocenters. The maximum absolute atomic E-state index is 10.0. The molecule has 0 spiro atoms. The molecule has 1 aliphatic heterocycles. The van der Waals surface area contributed by atoms with E-state index in [0.29, 0.717) is 12.1 Å². The molecular formula is C18H24N2OS. The highest BCUT2D eigenvalue weighted by molar-refractivity contribution is 7.07. The van der Waals surface area contributed by atoms with Gasteiger partial charge in [-0.15, -0.1) is 0 Å². The van der Waals surface area contributed by atoms with Crippen molar-refractivity contribution in [1.29, 1.82) is 0 Å². The lowest BCUT2D eigenvalue weighted by Crippen LogP contribution is -2.38. The van der Waals surface area contributed by atoms with Gasteiger partial charge >= 0.3 is 0 Å². The lowest BCUT2D eigenvalue weighted by atomic mass is 10.1. The Balaban J connectivity index is 1.56. The number of hydrogen-bond acceptors (Lipinski definition) is 4. The molecule has 1 aliphatic rings. The van der Waals surface area contributed by atoms with Gasteiger partial charge in [0.15, 0.2) is 0 Å². The summed E-state index contributed by atoms with van der Waals surface area (Å²) in [6.07, 6.45) is 0.655. The predicted molar refractivity (Wildman–Crippen MR) is 92.0 cm³/mol. The number of benzene rings is 1. The fourth-order valence-corrected chi connectivity index (χ4v) is 3.89. The van der Waals surface area contributed by atoms with Gasteiger partial charge < -0.3 is 10.4 Å². The van der Waals surface area contributed by atoms with E-state index < -0.39 is 0 Å². The largest absolute Gasteiger partial charge is 0.392 e. The van der Waals surface area contributed by atoms with Crippen LogP contribution in [0.2, 0.25) is 0 Å². The second-order valence-corrected chi connectivity index (χ2v) is 6.93. The van der Waals surface area contributed by atoms with Crippen LogP contribution in [-0.2, 0) is 6.54 Å². The first kappa shape index (κ1) is 15.7. The van der Waals surface area contributed by atoms with Crippen LogP contribution in [0.15, 0.2) is 47.2 Å². The Kier molecular flexibility index (Phi) is 5.26. The van der Waals surface area contributed by atoms with E-state index in [9.17, 15) is 5.11 Å². The summed E-state index contributed by atoms with van der Waals surface area (Å²) in [6.45, 7) is 4.81. The molecule has 0 bridgehead atoms. The average molecular weight is 316 g/mol. The minimum Gasteiger partial charge on any atom is -0.392 e. The smallest absolute Gasteiger partial charge is 0.0682 e. The van der Waals surface area contributed by atoms with Gasteiger partial charge in [0.25, 0.3) is 0 Å². The van der Waals surface area contributed by atoms with Crippen LogP contribution < -0.4 is 5.32 Å². The Bertz CT molecular complexity index is 558. The SMILES string of the molecule is CC(NCC1CC(O)CN1Cc1ccccc1)c1ccsc1. The van der Waals surface area contributed by atoms with Gasteiger partial charge in [-0.25, -0.2) is 0 Å². The molecule has 1 saturated heterocycles. The second-order valence-electron chi connectivity index (χ2n) is 6.15. The lowest BCUT2D eigenvalue weighted by Gasteiger charge is -2.26. The molecule has 1 aromatic carbocycles. The summed E-state index contributed by atoms with van der Waals surface area (Å²) >= 11 is 1.74. The van der Waals surface area contributed by atoms with E-state index >= 15 is 0 Å². The van der Waals surface area contributed by atoms with Crippen molar-refractivity contribution in [2.75, 3.05) is 13.1 Å². The van der Waals surface area contributed by atoms with Gasteiger partial charge in [0.2, 0.25) is 0 Å². The van der Waals surface area contributed by atoms with Crippen LogP contribution in [0.25, 0.3) is 0 Å². The molecular weight excluding hydrogens is 292 g/mol. The van der Waals surface area contributed by atoms with E-state index in [1.54, 1.807) is 11.3 Å². The number of hydrogen-bond donors (Lipinski definition) is 2. The minimum absolute atomic E-state index is 0.202. The molecule has 1 fully saturated rings. The molecule has 3 nitrogen and oxygen atoms in total. The third kappa shape index (κ3) is 3.96. The van der Waals surface area contributed by atoms with Crippen LogP contribution in [0.4, 0.5) is 0 Å². The zero-order valence-electron chi connectivity index (χ0n) is 13.0. The van der Waals surface area contributed by atoms with Crippen LogP contribution in [0.5, 0.6) is 0 Å². The fourth-order valence-electron chi connectivity index (χ4n) is 3.13. The minimum atomic E-state index is -0.202. The molecule has 0 saturated carbocycles. The maximum Gasteiger partial charge on any atom is 0.0682 e. The Hall–Kier alpha value is -1.20. The summed E-state index contributed by atoms with van der Waals surface area (Å²) < 4.78 is 0. The van der Waals surface area contributed by atoms with E-state index in [2.05, 4.69) is 58.2 Å². The Morgan fingerprint density at radius 3 is 2.86 bits per heavy atom. The highest BCUT2D eigenvalue weighted by Gasteiger charge is 2.30. The summed E-state index contributed by atoms with van der Waals surface area (Å²) in [5.74, 6) is 0. The van der Waals surface area contributed by atoms with Crippen molar-refractivity contribution in [2.45, 2.75) is 38.1 Å². The van der Waals surface area contributed by atoms with Crippen molar-refractivity contribution in [3.8, 4) is 0 Å².